The molecule has 1 saturated heterocycles. The fourth-order valence-electron chi connectivity index (χ4n) is 5.15. The minimum Gasteiger partial charge on any atom is -0.469 e. The molecule has 0 amide bonds. The van der Waals surface area contributed by atoms with Crippen LogP contribution in [0, 0.1) is 5.92 Å². The maximum absolute atomic E-state index is 12.4. The minimum absolute atomic E-state index is 0.164. The van der Waals surface area contributed by atoms with Gasteiger partial charge in [0.15, 0.2) is 6.29 Å². The standard InChI is InChI=1S/C28H49N3O9/c1-7-10-13-35-23-18(4)38-28(26(37-15-12-9-3)25(23)36-14-11-8-2)40-24-21(30-31-29)16-20(27(33)34-6)17-22(24)39-19(5)32/h18,20-26,28H,7-17H2,1-6H3. The summed E-state index contributed by atoms with van der Waals surface area (Å²) in [6, 6.07) is -0.805. The summed E-state index contributed by atoms with van der Waals surface area (Å²) >= 11 is 0. The lowest BCUT2D eigenvalue weighted by Gasteiger charge is -2.47. The summed E-state index contributed by atoms with van der Waals surface area (Å²) < 4.78 is 42.4. The van der Waals surface area contributed by atoms with Crippen LogP contribution in [0.5, 0.6) is 0 Å². The number of rotatable bonds is 17. The largest absolute Gasteiger partial charge is 0.469 e. The zero-order valence-electron chi connectivity index (χ0n) is 25.0. The van der Waals surface area contributed by atoms with Gasteiger partial charge in [-0.25, -0.2) is 0 Å². The Morgan fingerprint density at radius 2 is 1.48 bits per heavy atom. The minimum atomic E-state index is -0.918. The molecule has 0 radical (unpaired) electrons. The number of hydrogen-bond donors (Lipinski definition) is 0. The molecule has 9 atom stereocenters. The highest BCUT2D eigenvalue weighted by Crippen LogP contribution is 2.36. The summed E-state index contributed by atoms with van der Waals surface area (Å²) in [6.07, 6.45) is 1.36. The second-order valence-electron chi connectivity index (χ2n) is 10.5. The van der Waals surface area contributed by atoms with Crippen molar-refractivity contribution in [1.82, 2.24) is 0 Å². The quantitative estimate of drug-likeness (QED) is 0.0784. The monoisotopic (exact) mass is 571 g/mol. The van der Waals surface area contributed by atoms with E-state index in [-0.39, 0.29) is 18.9 Å². The first-order chi connectivity index (χ1) is 19.3. The third-order valence-corrected chi connectivity index (χ3v) is 7.28. The molecule has 40 heavy (non-hydrogen) atoms. The highest BCUT2D eigenvalue weighted by atomic mass is 16.7. The Morgan fingerprint density at radius 3 is 2.00 bits per heavy atom. The maximum atomic E-state index is 12.4. The summed E-state index contributed by atoms with van der Waals surface area (Å²) in [5.74, 6) is -1.62. The lowest BCUT2D eigenvalue weighted by Crippen LogP contribution is -2.62. The van der Waals surface area contributed by atoms with E-state index in [1.807, 2.05) is 6.92 Å². The molecule has 0 spiro atoms. The van der Waals surface area contributed by atoms with Crippen molar-refractivity contribution >= 4 is 11.9 Å². The Kier molecular flexibility index (Phi) is 15.8. The van der Waals surface area contributed by atoms with E-state index in [9.17, 15) is 15.1 Å². The number of unbranched alkanes of at least 4 members (excludes halogenated alkanes) is 3. The molecular formula is C28H49N3O9. The Morgan fingerprint density at radius 1 is 0.900 bits per heavy atom. The van der Waals surface area contributed by atoms with Gasteiger partial charge in [0.05, 0.1) is 25.2 Å². The molecular weight excluding hydrogens is 522 g/mol. The number of esters is 2. The van der Waals surface area contributed by atoms with Crippen molar-refractivity contribution in [3.05, 3.63) is 10.4 Å². The van der Waals surface area contributed by atoms with E-state index in [4.69, 9.17) is 33.2 Å². The predicted molar refractivity (Wildman–Crippen MR) is 146 cm³/mol. The van der Waals surface area contributed by atoms with Crippen LogP contribution in [-0.2, 0) is 42.7 Å². The normalized spacial score (nSPS) is 32.2. The second-order valence-corrected chi connectivity index (χ2v) is 10.5. The molecule has 0 N–H and O–H groups in total. The average molecular weight is 572 g/mol. The number of nitrogens with zero attached hydrogens (tertiary/aromatic N) is 3. The molecule has 0 aromatic heterocycles. The van der Waals surface area contributed by atoms with Crippen LogP contribution in [-0.4, -0.2) is 87.8 Å². The molecule has 2 fully saturated rings. The fourth-order valence-corrected chi connectivity index (χ4v) is 5.15. The van der Waals surface area contributed by atoms with Crippen LogP contribution in [0.1, 0.15) is 86.0 Å². The fraction of sp³-hybridized carbons (Fsp3) is 0.929. The third kappa shape index (κ3) is 10.2. The van der Waals surface area contributed by atoms with Gasteiger partial charge < -0.3 is 33.2 Å². The van der Waals surface area contributed by atoms with Crippen LogP contribution in [0.3, 0.4) is 0 Å². The molecule has 0 aromatic carbocycles. The smallest absolute Gasteiger partial charge is 0.308 e. The van der Waals surface area contributed by atoms with Crippen molar-refractivity contribution in [2.45, 2.75) is 135 Å². The molecule has 2 rings (SSSR count). The molecule has 1 saturated carbocycles. The predicted octanol–water partition coefficient (Wildman–Crippen LogP) is 4.87. The number of methoxy groups -OCH3 is 1. The first-order valence-electron chi connectivity index (χ1n) is 14.8. The molecule has 12 nitrogen and oxygen atoms in total. The van der Waals surface area contributed by atoms with E-state index in [1.54, 1.807) is 0 Å². The van der Waals surface area contributed by atoms with Crippen molar-refractivity contribution in [3.8, 4) is 0 Å². The summed E-state index contributed by atoms with van der Waals surface area (Å²) in [7, 11) is 1.29. The Balaban J connectivity index is 2.40. The van der Waals surface area contributed by atoms with Gasteiger partial charge in [-0.15, -0.1) is 0 Å². The van der Waals surface area contributed by atoms with Gasteiger partial charge in [0.2, 0.25) is 0 Å². The number of carbonyl (C=O) groups is 2. The lowest BCUT2D eigenvalue weighted by atomic mass is 9.81. The SMILES string of the molecule is CCCCOC1C(C)OC(OC2C(N=[N+]=[N-])CC(C(=O)OC)CC2OC(C)=O)C(OCCCC)C1OCCCC. The van der Waals surface area contributed by atoms with E-state index in [0.29, 0.717) is 19.8 Å². The van der Waals surface area contributed by atoms with E-state index in [0.717, 1.165) is 38.5 Å². The van der Waals surface area contributed by atoms with Gasteiger partial charge in [-0.05, 0) is 38.1 Å². The number of azide groups is 1. The Labute approximate surface area is 238 Å². The first kappa shape index (κ1) is 34.3. The maximum Gasteiger partial charge on any atom is 0.308 e. The van der Waals surface area contributed by atoms with Crippen LogP contribution in [0.25, 0.3) is 10.4 Å². The van der Waals surface area contributed by atoms with Gasteiger partial charge in [-0.1, -0.05) is 45.1 Å². The van der Waals surface area contributed by atoms with Gasteiger partial charge in [-0.3, -0.25) is 9.59 Å². The number of hydrogen-bond acceptors (Lipinski definition) is 10. The molecule has 12 heteroatoms. The van der Waals surface area contributed by atoms with Crippen LogP contribution < -0.4 is 0 Å². The summed E-state index contributed by atoms with van der Waals surface area (Å²) in [5, 5.41) is 3.92. The van der Waals surface area contributed by atoms with Crippen LogP contribution in [0.15, 0.2) is 5.11 Å². The third-order valence-electron chi connectivity index (χ3n) is 7.28. The van der Waals surface area contributed by atoms with Crippen LogP contribution in [0.2, 0.25) is 0 Å². The molecule has 1 aliphatic heterocycles. The van der Waals surface area contributed by atoms with Crippen molar-refractivity contribution in [2.24, 2.45) is 11.0 Å². The Bertz CT molecular complexity index is 810. The number of ether oxygens (including phenoxy) is 7. The zero-order chi connectivity index (χ0) is 29.5. The topological polar surface area (TPSA) is 148 Å². The molecule has 1 heterocycles. The van der Waals surface area contributed by atoms with E-state index < -0.39 is 60.7 Å². The van der Waals surface area contributed by atoms with Crippen molar-refractivity contribution in [1.29, 1.82) is 0 Å². The summed E-state index contributed by atoms with van der Waals surface area (Å²) in [5.41, 5.74) is 9.32. The second kappa shape index (κ2) is 18.5. The van der Waals surface area contributed by atoms with Crippen molar-refractivity contribution in [2.75, 3.05) is 26.9 Å². The molecule has 9 unspecified atom stereocenters. The summed E-state index contributed by atoms with van der Waals surface area (Å²) in [6.45, 7) is 11.1. The van der Waals surface area contributed by atoms with Crippen molar-refractivity contribution in [3.63, 3.8) is 0 Å². The average Bonchev–Trinajstić information content (AvgIpc) is 2.92. The van der Waals surface area contributed by atoms with Crippen LogP contribution >= 0.6 is 0 Å². The molecule has 1 aliphatic carbocycles. The first-order valence-corrected chi connectivity index (χ1v) is 14.8. The zero-order valence-corrected chi connectivity index (χ0v) is 25.0. The van der Waals surface area contributed by atoms with E-state index in [1.165, 1.54) is 14.0 Å². The van der Waals surface area contributed by atoms with E-state index >= 15 is 0 Å². The lowest BCUT2D eigenvalue weighted by molar-refractivity contribution is -0.332. The van der Waals surface area contributed by atoms with Gasteiger partial charge in [-0.2, -0.15) is 0 Å². The molecule has 0 bridgehead atoms. The summed E-state index contributed by atoms with van der Waals surface area (Å²) in [4.78, 5) is 27.4. The van der Waals surface area contributed by atoms with E-state index in [2.05, 4.69) is 30.8 Å². The highest BCUT2D eigenvalue weighted by molar-refractivity contribution is 5.73. The highest BCUT2D eigenvalue weighted by Gasteiger charge is 2.51. The molecule has 0 aromatic rings. The van der Waals surface area contributed by atoms with Gasteiger partial charge in [0, 0.05) is 38.1 Å². The van der Waals surface area contributed by atoms with Crippen LogP contribution in [0.4, 0.5) is 0 Å². The Hall–Kier alpha value is -1.95. The number of carbonyl (C=O) groups excluding carboxylic acids is 2. The molecule has 230 valence electrons. The molecule has 2 aliphatic rings. The van der Waals surface area contributed by atoms with Gasteiger partial charge >= 0.3 is 11.9 Å². The van der Waals surface area contributed by atoms with Gasteiger partial charge in [0.25, 0.3) is 0 Å². The van der Waals surface area contributed by atoms with Gasteiger partial charge in [0.1, 0.15) is 30.5 Å². The van der Waals surface area contributed by atoms with Crippen molar-refractivity contribution < 1.29 is 42.7 Å².